The Hall–Kier alpha value is -0.950. The molecule has 1 rings (SSSR count). The third-order valence-electron chi connectivity index (χ3n) is 1.67. The maximum absolute atomic E-state index is 12.5. The molecule has 17 heavy (non-hydrogen) atoms. The van der Waals surface area contributed by atoms with E-state index in [9.17, 15) is 27.3 Å². The maximum atomic E-state index is 12.5. The largest absolute Gasteiger partial charge is 0.317 e. The Labute approximate surface area is 107 Å². The van der Waals surface area contributed by atoms with Gasteiger partial charge in [0.05, 0.1) is 8.49 Å². The molecular weight excluding hydrogens is 375 g/mol. The van der Waals surface area contributed by atoms with Crippen LogP contribution in [0.5, 0.6) is 0 Å². The fraction of sp³-hybridized carbons (Fsp3) is 0.167. The van der Waals surface area contributed by atoms with Gasteiger partial charge in [0.15, 0.2) is 10.6 Å². The smallest absolute Gasteiger partial charge is 0.258 e. The van der Waals surface area contributed by atoms with Crippen LogP contribution in [0.1, 0.15) is 12.1 Å². The van der Waals surface area contributed by atoms with E-state index in [1.807, 2.05) is 0 Å². The van der Waals surface area contributed by atoms with Crippen molar-refractivity contribution in [3.8, 4) is 0 Å². The normalized spacial score (nSPS) is 11.8. The van der Waals surface area contributed by atoms with E-state index in [-0.39, 0.29) is 3.57 Å². The second kappa shape index (κ2) is 4.73. The summed E-state index contributed by atoms with van der Waals surface area (Å²) >= 11 is 1.41. The first-order valence-electron chi connectivity index (χ1n) is 3.80. The van der Waals surface area contributed by atoms with E-state index in [1.54, 1.807) is 0 Å². The van der Waals surface area contributed by atoms with Crippen molar-refractivity contribution in [1.29, 1.82) is 0 Å². The summed E-state index contributed by atoms with van der Waals surface area (Å²) in [7, 11) is -4.49. The van der Waals surface area contributed by atoms with Crippen LogP contribution in [0.4, 0.5) is 14.5 Å². The summed E-state index contributed by atoms with van der Waals surface area (Å²) < 4.78 is 47.1. The lowest BCUT2D eigenvalue weighted by molar-refractivity contribution is -0.389. The summed E-state index contributed by atoms with van der Waals surface area (Å²) in [6.45, 7) is 0. The van der Waals surface area contributed by atoms with Crippen LogP contribution in [0.15, 0.2) is 11.1 Å². The van der Waals surface area contributed by atoms with Crippen molar-refractivity contribution in [3.05, 3.63) is 25.6 Å². The third-order valence-corrected chi connectivity index (χ3v) is 3.83. The zero-order valence-corrected chi connectivity index (χ0v) is 10.8. The van der Waals surface area contributed by atoms with E-state index in [0.717, 1.165) is 6.20 Å². The monoisotopic (exact) mass is 379 g/mol. The second-order valence-corrected chi connectivity index (χ2v) is 5.43. The van der Waals surface area contributed by atoms with Gasteiger partial charge in [-0.1, -0.05) is 0 Å². The molecule has 94 valence electrons. The lowest BCUT2D eigenvalue weighted by atomic mass is 10.3. The summed E-state index contributed by atoms with van der Waals surface area (Å²) in [6.07, 6.45) is -2.48. The molecule has 0 fully saturated rings. The van der Waals surface area contributed by atoms with E-state index in [2.05, 4.69) is 4.98 Å². The molecule has 1 aromatic rings. The molecule has 7 nitrogen and oxygen atoms in total. The Balaban J connectivity index is 3.80. The van der Waals surface area contributed by atoms with Gasteiger partial charge in [-0.2, -0.15) is 0 Å². The molecule has 0 aromatic carbocycles. The number of nitro groups is 1. The van der Waals surface area contributed by atoms with Crippen LogP contribution in [0.2, 0.25) is 0 Å². The van der Waals surface area contributed by atoms with Crippen LogP contribution in [-0.4, -0.2) is 18.3 Å². The number of hydrogen-bond donors (Lipinski definition) is 1. The number of hydrogen-bond acceptors (Lipinski definition) is 5. The number of nitrogens with two attached hydrogens (primary N) is 1. The lowest BCUT2D eigenvalue weighted by Crippen LogP contribution is -2.18. The van der Waals surface area contributed by atoms with Crippen molar-refractivity contribution in [2.24, 2.45) is 5.14 Å². The standard InChI is InChI=1S/C6H4F2IN3O4S/c7-6(8)3-4(12(13)14)5(17(10,15)16)2(9)1-11-3/h1,6H,(H2,10,15,16). The molecule has 0 aliphatic heterocycles. The Kier molecular flexibility index (Phi) is 3.93. The topological polar surface area (TPSA) is 116 Å². The molecule has 0 atom stereocenters. The molecule has 0 saturated heterocycles. The minimum absolute atomic E-state index is 0.193. The number of halogens is 3. The molecule has 0 unspecified atom stereocenters. The highest BCUT2D eigenvalue weighted by molar-refractivity contribution is 14.1. The molecule has 0 bridgehead atoms. The molecule has 11 heteroatoms. The van der Waals surface area contributed by atoms with Gasteiger partial charge in [-0.15, -0.1) is 0 Å². The van der Waals surface area contributed by atoms with Crippen molar-refractivity contribution in [2.75, 3.05) is 0 Å². The highest BCUT2D eigenvalue weighted by Crippen LogP contribution is 2.34. The first-order chi connectivity index (χ1) is 7.66. The summed E-state index contributed by atoms with van der Waals surface area (Å²) in [5, 5.41) is 15.4. The van der Waals surface area contributed by atoms with Crippen LogP contribution in [-0.2, 0) is 10.0 Å². The molecule has 1 heterocycles. The number of nitrogens with zero attached hydrogens (tertiary/aromatic N) is 2. The van der Waals surface area contributed by atoms with Gasteiger partial charge >= 0.3 is 5.69 Å². The number of primary sulfonamides is 1. The van der Waals surface area contributed by atoms with Crippen LogP contribution in [0.3, 0.4) is 0 Å². The van der Waals surface area contributed by atoms with Crippen molar-refractivity contribution in [3.63, 3.8) is 0 Å². The summed E-state index contributed by atoms with van der Waals surface area (Å²) in [5.41, 5.74) is -2.51. The molecule has 0 radical (unpaired) electrons. The first-order valence-corrected chi connectivity index (χ1v) is 6.42. The van der Waals surface area contributed by atoms with Gasteiger partial charge < -0.3 is 0 Å². The Morgan fingerprint density at radius 1 is 1.53 bits per heavy atom. The summed E-state index contributed by atoms with van der Waals surface area (Å²) in [5.74, 6) is 0. The van der Waals surface area contributed by atoms with E-state index < -0.39 is 37.6 Å². The van der Waals surface area contributed by atoms with Crippen molar-refractivity contribution < 1.29 is 22.1 Å². The Morgan fingerprint density at radius 3 is 2.41 bits per heavy atom. The van der Waals surface area contributed by atoms with Crippen LogP contribution >= 0.6 is 22.6 Å². The molecule has 0 aliphatic carbocycles. The van der Waals surface area contributed by atoms with Gasteiger partial charge in [-0.05, 0) is 22.6 Å². The minimum Gasteiger partial charge on any atom is -0.258 e. The second-order valence-electron chi connectivity index (χ2n) is 2.77. The highest BCUT2D eigenvalue weighted by atomic mass is 127. The van der Waals surface area contributed by atoms with Crippen LogP contribution < -0.4 is 5.14 Å². The molecule has 2 N–H and O–H groups in total. The molecule has 0 amide bonds. The summed E-state index contributed by atoms with van der Waals surface area (Å²) in [6, 6.07) is 0. The SMILES string of the molecule is NS(=O)(=O)c1c(I)cnc(C(F)F)c1[N+](=O)[O-]. The molecule has 1 aromatic heterocycles. The average molecular weight is 379 g/mol. The molecular formula is C6H4F2IN3O4S. The molecule has 0 saturated carbocycles. The number of rotatable bonds is 3. The van der Waals surface area contributed by atoms with Gasteiger partial charge in [0, 0.05) is 6.20 Å². The zero-order valence-electron chi connectivity index (χ0n) is 7.80. The van der Waals surface area contributed by atoms with Crippen molar-refractivity contribution in [1.82, 2.24) is 4.98 Å². The van der Waals surface area contributed by atoms with Gasteiger partial charge in [0.25, 0.3) is 6.43 Å². The minimum atomic E-state index is -4.49. The summed E-state index contributed by atoms with van der Waals surface area (Å²) in [4.78, 5) is 11.6. The van der Waals surface area contributed by atoms with E-state index in [4.69, 9.17) is 5.14 Å². The zero-order chi connectivity index (χ0) is 13.4. The van der Waals surface area contributed by atoms with Crippen molar-refractivity contribution >= 4 is 38.3 Å². The predicted molar refractivity (Wildman–Crippen MR) is 59.9 cm³/mol. The van der Waals surface area contributed by atoms with Crippen LogP contribution in [0.25, 0.3) is 0 Å². The number of alkyl halides is 2. The maximum Gasteiger partial charge on any atom is 0.317 e. The molecule has 0 aliphatic rings. The van der Waals surface area contributed by atoms with Gasteiger partial charge in [-0.25, -0.2) is 27.3 Å². The number of pyridine rings is 1. The van der Waals surface area contributed by atoms with Gasteiger partial charge in [0.1, 0.15) is 0 Å². The fourth-order valence-electron chi connectivity index (χ4n) is 1.08. The molecule has 0 spiro atoms. The number of sulfonamides is 1. The van der Waals surface area contributed by atoms with Gasteiger partial charge in [-0.3, -0.25) is 10.1 Å². The highest BCUT2D eigenvalue weighted by Gasteiger charge is 2.34. The third kappa shape index (κ3) is 2.84. The quantitative estimate of drug-likeness (QED) is 0.481. The van der Waals surface area contributed by atoms with E-state index >= 15 is 0 Å². The first kappa shape index (κ1) is 14.1. The Bertz CT molecular complexity index is 577. The Morgan fingerprint density at radius 2 is 2.06 bits per heavy atom. The van der Waals surface area contributed by atoms with Crippen LogP contribution in [0, 0.1) is 13.7 Å². The number of aromatic nitrogens is 1. The van der Waals surface area contributed by atoms with Crippen molar-refractivity contribution in [2.45, 2.75) is 11.3 Å². The fourth-order valence-corrected chi connectivity index (χ4v) is 3.17. The average Bonchev–Trinajstić information content (AvgIpc) is 2.14. The van der Waals surface area contributed by atoms with E-state index in [1.165, 1.54) is 22.6 Å². The van der Waals surface area contributed by atoms with E-state index in [0.29, 0.717) is 0 Å². The lowest BCUT2D eigenvalue weighted by Gasteiger charge is -2.06. The van der Waals surface area contributed by atoms with Gasteiger partial charge in [0.2, 0.25) is 10.0 Å². The predicted octanol–water partition coefficient (Wildman–Crippen LogP) is 1.18.